The molecule has 8 nitrogen and oxygen atoms in total. The van der Waals surface area contributed by atoms with Crippen molar-refractivity contribution in [3.63, 3.8) is 0 Å². The van der Waals surface area contributed by atoms with Crippen LogP contribution < -0.4 is 14.8 Å². The Bertz CT molecular complexity index is 1310. The second-order valence-corrected chi connectivity index (χ2v) is 7.33. The van der Waals surface area contributed by atoms with E-state index in [4.69, 9.17) is 21.1 Å². The lowest BCUT2D eigenvalue weighted by Gasteiger charge is -2.13. The lowest BCUT2D eigenvalue weighted by atomic mass is 10.2. The first-order valence-corrected chi connectivity index (χ1v) is 10.4. The van der Waals surface area contributed by atoms with Crippen LogP contribution in [0.2, 0.25) is 5.02 Å². The zero-order chi connectivity index (χ0) is 24.1. The van der Waals surface area contributed by atoms with Gasteiger partial charge in [-0.25, -0.2) is 0 Å². The minimum atomic E-state index is -4.58. The largest absolute Gasteiger partial charge is 0.483 e. The number of fused-ring (bicyclic) bond motifs is 1. The Morgan fingerprint density at radius 1 is 1.00 bits per heavy atom. The molecular weight excluding hydrogens is 475 g/mol. The zero-order valence-corrected chi connectivity index (χ0v) is 18.2. The molecule has 34 heavy (non-hydrogen) atoms. The minimum Gasteiger partial charge on any atom is -0.483 e. The van der Waals surface area contributed by atoms with Crippen LogP contribution in [-0.4, -0.2) is 45.5 Å². The van der Waals surface area contributed by atoms with Crippen molar-refractivity contribution in [2.24, 2.45) is 0 Å². The summed E-state index contributed by atoms with van der Waals surface area (Å²) in [5, 5.41) is 15.5. The van der Waals surface area contributed by atoms with E-state index in [1.807, 2.05) is 6.07 Å². The number of rotatable bonds is 8. The summed E-state index contributed by atoms with van der Waals surface area (Å²) in [5.74, 6) is -0.313. The average molecular weight is 492 g/mol. The third-order valence-corrected chi connectivity index (χ3v) is 4.91. The van der Waals surface area contributed by atoms with E-state index in [0.717, 1.165) is 12.1 Å². The molecule has 12 heteroatoms. The molecule has 4 rings (SSSR count). The van der Waals surface area contributed by atoms with Crippen LogP contribution in [0.15, 0.2) is 60.7 Å². The number of ether oxygens (including phenoxy) is 2. The molecule has 0 radical (unpaired) electrons. The fraction of sp³-hybridized carbons (Fsp3) is 0.182. The molecule has 0 spiro atoms. The Balaban J connectivity index is 1.30. The molecule has 2 aromatic heterocycles. The Morgan fingerprint density at radius 3 is 2.56 bits per heavy atom. The second-order valence-electron chi connectivity index (χ2n) is 6.93. The van der Waals surface area contributed by atoms with E-state index in [1.165, 1.54) is 16.6 Å². The van der Waals surface area contributed by atoms with Gasteiger partial charge >= 0.3 is 6.18 Å². The van der Waals surface area contributed by atoms with E-state index in [9.17, 15) is 18.0 Å². The van der Waals surface area contributed by atoms with Gasteiger partial charge in [-0.1, -0.05) is 35.9 Å². The maximum Gasteiger partial charge on any atom is 0.419 e. The molecule has 2 aromatic carbocycles. The molecule has 0 aliphatic carbocycles. The highest BCUT2D eigenvalue weighted by molar-refractivity contribution is 6.33. The fourth-order valence-electron chi connectivity index (χ4n) is 3.03. The fourth-order valence-corrected chi connectivity index (χ4v) is 3.25. The molecule has 0 saturated heterocycles. The minimum absolute atomic E-state index is 0.0624. The van der Waals surface area contributed by atoms with E-state index in [-0.39, 0.29) is 19.0 Å². The van der Waals surface area contributed by atoms with E-state index < -0.39 is 30.0 Å². The number of hydrogen-bond acceptors (Lipinski definition) is 6. The van der Waals surface area contributed by atoms with Gasteiger partial charge in [-0.05, 0) is 30.3 Å². The van der Waals surface area contributed by atoms with Gasteiger partial charge in [0.1, 0.15) is 12.4 Å². The van der Waals surface area contributed by atoms with Crippen LogP contribution in [0.3, 0.4) is 0 Å². The van der Waals surface area contributed by atoms with Gasteiger partial charge < -0.3 is 14.8 Å². The maximum absolute atomic E-state index is 13.0. The average Bonchev–Trinajstić information content (AvgIpc) is 3.23. The highest BCUT2D eigenvalue weighted by Gasteiger charge is 2.34. The van der Waals surface area contributed by atoms with Gasteiger partial charge in [0.2, 0.25) is 5.88 Å². The molecule has 0 aliphatic rings. The summed E-state index contributed by atoms with van der Waals surface area (Å²) in [6.07, 6.45) is -4.58. The SMILES string of the molecule is O=C(COc1ccccc1C(F)(F)F)NCCOc1ccc2nnc(-c3ccccc3Cl)n2n1. The van der Waals surface area contributed by atoms with Crippen molar-refractivity contribution in [3.05, 3.63) is 71.2 Å². The number of amides is 1. The third kappa shape index (κ3) is 5.37. The topological polar surface area (TPSA) is 90.6 Å². The van der Waals surface area contributed by atoms with Crippen LogP contribution in [0.4, 0.5) is 13.2 Å². The highest BCUT2D eigenvalue weighted by Crippen LogP contribution is 2.35. The standard InChI is InChI=1S/C22H17ClF3N5O3/c23-16-7-3-1-5-14(16)21-29-28-18-9-10-20(30-31(18)21)33-12-11-27-19(32)13-34-17-8-4-2-6-15(17)22(24,25)26/h1-10H,11-13H2,(H,27,32). The monoisotopic (exact) mass is 491 g/mol. The third-order valence-electron chi connectivity index (χ3n) is 4.58. The molecule has 0 unspecified atom stereocenters. The van der Waals surface area contributed by atoms with Crippen molar-refractivity contribution < 1.29 is 27.4 Å². The first kappa shape index (κ1) is 23.3. The number of alkyl halides is 3. The molecular formula is C22H17ClF3N5O3. The number of nitrogens with zero attached hydrogens (tertiary/aromatic N) is 4. The van der Waals surface area contributed by atoms with Gasteiger partial charge in [-0.3, -0.25) is 4.79 Å². The molecule has 0 saturated carbocycles. The summed E-state index contributed by atoms with van der Waals surface area (Å²) >= 11 is 6.24. The lowest BCUT2D eigenvalue weighted by Crippen LogP contribution is -2.32. The number of aromatic nitrogens is 4. The van der Waals surface area contributed by atoms with Crippen molar-refractivity contribution >= 4 is 23.2 Å². The molecule has 2 heterocycles. The maximum atomic E-state index is 13.0. The Hall–Kier alpha value is -3.86. The molecule has 0 aliphatic heterocycles. The number of hydrogen-bond donors (Lipinski definition) is 1. The van der Waals surface area contributed by atoms with Crippen molar-refractivity contribution in [1.29, 1.82) is 0 Å². The van der Waals surface area contributed by atoms with E-state index in [1.54, 1.807) is 30.3 Å². The van der Waals surface area contributed by atoms with Gasteiger partial charge in [0.25, 0.3) is 5.91 Å². The summed E-state index contributed by atoms with van der Waals surface area (Å²) in [7, 11) is 0. The number of carbonyl (C=O) groups excluding carboxylic acids is 1. The molecule has 1 amide bonds. The van der Waals surface area contributed by atoms with Crippen LogP contribution in [0.5, 0.6) is 11.6 Å². The van der Waals surface area contributed by atoms with Crippen molar-refractivity contribution in [2.75, 3.05) is 19.8 Å². The van der Waals surface area contributed by atoms with E-state index in [2.05, 4.69) is 20.6 Å². The second kappa shape index (κ2) is 9.96. The summed E-state index contributed by atoms with van der Waals surface area (Å²) in [5.41, 5.74) is 0.199. The number of para-hydroxylation sites is 1. The van der Waals surface area contributed by atoms with Crippen molar-refractivity contribution in [1.82, 2.24) is 25.1 Å². The molecule has 4 aromatic rings. The predicted molar refractivity (Wildman–Crippen MR) is 117 cm³/mol. The van der Waals surface area contributed by atoms with Crippen LogP contribution in [0.25, 0.3) is 17.0 Å². The quantitative estimate of drug-likeness (QED) is 0.374. The van der Waals surface area contributed by atoms with Gasteiger partial charge in [-0.15, -0.1) is 15.3 Å². The molecule has 0 bridgehead atoms. The number of benzene rings is 2. The van der Waals surface area contributed by atoms with Gasteiger partial charge in [0.15, 0.2) is 18.1 Å². The van der Waals surface area contributed by atoms with Crippen LogP contribution >= 0.6 is 11.6 Å². The molecule has 1 N–H and O–H groups in total. The van der Waals surface area contributed by atoms with Crippen LogP contribution in [-0.2, 0) is 11.0 Å². The summed E-state index contributed by atoms with van der Waals surface area (Å²) in [4.78, 5) is 11.9. The van der Waals surface area contributed by atoms with Gasteiger partial charge in [0, 0.05) is 11.6 Å². The zero-order valence-electron chi connectivity index (χ0n) is 17.4. The van der Waals surface area contributed by atoms with Crippen molar-refractivity contribution in [2.45, 2.75) is 6.18 Å². The van der Waals surface area contributed by atoms with Crippen LogP contribution in [0, 0.1) is 0 Å². The Labute approximate surface area is 196 Å². The predicted octanol–water partition coefficient (Wildman–Crippen LogP) is 4.04. The molecule has 0 fully saturated rings. The Kier molecular flexibility index (Phi) is 6.82. The van der Waals surface area contributed by atoms with Crippen LogP contribution in [0.1, 0.15) is 5.56 Å². The van der Waals surface area contributed by atoms with Gasteiger partial charge in [-0.2, -0.15) is 17.7 Å². The first-order chi connectivity index (χ1) is 16.3. The Morgan fingerprint density at radius 2 is 1.76 bits per heavy atom. The first-order valence-electron chi connectivity index (χ1n) is 9.99. The summed E-state index contributed by atoms with van der Waals surface area (Å²) in [6, 6.07) is 15.1. The molecule has 0 atom stereocenters. The smallest absolute Gasteiger partial charge is 0.419 e. The molecule has 176 valence electrons. The van der Waals surface area contributed by atoms with E-state index in [0.29, 0.717) is 22.1 Å². The van der Waals surface area contributed by atoms with E-state index >= 15 is 0 Å². The number of nitrogens with one attached hydrogen (secondary N) is 1. The normalized spacial score (nSPS) is 11.4. The summed E-state index contributed by atoms with van der Waals surface area (Å²) in [6.45, 7) is -0.422. The number of carbonyl (C=O) groups is 1. The lowest BCUT2D eigenvalue weighted by molar-refractivity contribution is -0.139. The van der Waals surface area contributed by atoms with Crippen molar-refractivity contribution in [3.8, 4) is 23.0 Å². The highest BCUT2D eigenvalue weighted by atomic mass is 35.5. The summed E-state index contributed by atoms with van der Waals surface area (Å²) < 4.78 is 51.0. The number of halogens is 4. The van der Waals surface area contributed by atoms with Gasteiger partial charge in [0.05, 0.1) is 17.1 Å².